The molecule has 0 fully saturated rings. The molecule has 1 rings (SSSR count). The zero-order chi connectivity index (χ0) is 10.6. The van der Waals surface area contributed by atoms with Gasteiger partial charge in [-0.1, -0.05) is 0 Å². The van der Waals surface area contributed by atoms with E-state index in [1.165, 1.54) is 0 Å². The summed E-state index contributed by atoms with van der Waals surface area (Å²) in [6.07, 6.45) is 3.78. The Kier molecular flexibility index (Phi) is 4.07. The van der Waals surface area contributed by atoms with Crippen molar-refractivity contribution >= 4 is 23.3 Å². The monoisotopic (exact) mass is 211 g/mol. The molecule has 4 heteroatoms. The molecule has 3 N–H and O–H groups in total. The summed E-state index contributed by atoms with van der Waals surface area (Å²) in [4.78, 5) is 4.25. The fourth-order valence-electron chi connectivity index (χ4n) is 1.27. The van der Waals surface area contributed by atoms with E-state index in [4.69, 9.17) is 5.73 Å². The molecule has 0 saturated heterocycles. The highest BCUT2D eigenvalue weighted by atomic mass is 32.2. The summed E-state index contributed by atoms with van der Waals surface area (Å²) >= 11 is 1.82. The Morgan fingerprint density at radius 3 is 2.93 bits per heavy atom. The maximum Gasteiger partial charge on any atom is 0.129 e. The van der Waals surface area contributed by atoms with Crippen LogP contribution in [0.4, 0.5) is 11.5 Å². The molecule has 3 nitrogen and oxygen atoms in total. The molecule has 0 aliphatic rings. The van der Waals surface area contributed by atoms with E-state index >= 15 is 0 Å². The number of aromatic nitrogens is 1. The number of nitrogens with two attached hydrogens (primary N) is 1. The maximum absolute atomic E-state index is 5.62. The molecule has 0 aliphatic carbocycles. The van der Waals surface area contributed by atoms with Crippen LogP contribution in [0, 0.1) is 6.92 Å². The molecule has 1 aromatic rings. The van der Waals surface area contributed by atoms with E-state index in [9.17, 15) is 0 Å². The first-order valence-corrected chi connectivity index (χ1v) is 6.00. The number of nitrogen functional groups attached to an aromatic ring is 1. The number of nitrogens with zero attached hydrogens (tertiary/aromatic N) is 1. The SMILES string of the molecule is CSCC(C)Nc1ncc(N)cc1C. The quantitative estimate of drug-likeness (QED) is 0.801. The van der Waals surface area contributed by atoms with Crippen molar-refractivity contribution in [1.82, 2.24) is 4.98 Å². The number of thioether (sulfide) groups is 1. The standard InChI is InChI=1S/C10H17N3S/c1-7-4-9(11)5-12-10(7)13-8(2)6-14-3/h4-5,8H,6,11H2,1-3H3,(H,12,13). The average Bonchev–Trinajstić information content (AvgIpc) is 2.10. The van der Waals surface area contributed by atoms with Gasteiger partial charge in [-0.3, -0.25) is 0 Å². The number of rotatable bonds is 4. The van der Waals surface area contributed by atoms with Gasteiger partial charge in [-0.25, -0.2) is 4.98 Å². The summed E-state index contributed by atoms with van der Waals surface area (Å²) in [6.45, 7) is 4.16. The third-order valence-electron chi connectivity index (χ3n) is 1.90. The van der Waals surface area contributed by atoms with Gasteiger partial charge >= 0.3 is 0 Å². The average molecular weight is 211 g/mol. The van der Waals surface area contributed by atoms with Gasteiger partial charge in [0.1, 0.15) is 5.82 Å². The van der Waals surface area contributed by atoms with Gasteiger partial charge in [0.25, 0.3) is 0 Å². The summed E-state index contributed by atoms with van der Waals surface area (Å²) in [5.74, 6) is 2.01. The zero-order valence-corrected chi connectivity index (χ0v) is 9.69. The minimum atomic E-state index is 0.430. The van der Waals surface area contributed by atoms with Crippen molar-refractivity contribution in [3.8, 4) is 0 Å². The molecule has 1 heterocycles. The minimum absolute atomic E-state index is 0.430. The lowest BCUT2D eigenvalue weighted by atomic mass is 10.2. The van der Waals surface area contributed by atoms with E-state index in [0.29, 0.717) is 11.7 Å². The van der Waals surface area contributed by atoms with E-state index < -0.39 is 0 Å². The molecule has 0 saturated carbocycles. The fraction of sp³-hybridized carbons (Fsp3) is 0.500. The van der Waals surface area contributed by atoms with Crippen molar-refractivity contribution in [1.29, 1.82) is 0 Å². The fourth-order valence-corrected chi connectivity index (χ4v) is 1.86. The van der Waals surface area contributed by atoms with Crippen molar-refractivity contribution in [3.05, 3.63) is 17.8 Å². The number of hydrogen-bond donors (Lipinski definition) is 2. The minimum Gasteiger partial charge on any atom is -0.397 e. The van der Waals surface area contributed by atoms with Gasteiger partial charge < -0.3 is 11.1 Å². The second-order valence-electron chi connectivity index (χ2n) is 3.43. The normalized spacial score (nSPS) is 12.5. The van der Waals surface area contributed by atoms with Crippen molar-refractivity contribution in [2.45, 2.75) is 19.9 Å². The van der Waals surface area contributed by atoms with Gasteiger partial charge in [-0.15, -0.1) is 0 Å². The Bertz CT molecular complexity index is 301. The number of hydrogen-bond acceptors (Lipinski definition) is 4. The van der Waals surface area contributed by atoms with Crippen LogP contribution in [0.1, 0.15) is 12.5 Å². The van der Waals surface area contributed by atoms with E-state index in [1.807, 2.05) is 24.8 Å². The highest BCUT2D eigenvalue weighted by Crippen LogP contribution is 2.15. The van der Waals surface area contributed by atoms with Gasteiger partial charge in [-0.05, 0) is 31.7 Å². The highest BCUT2D eigenvalue weighted by molar-refractivity contribution is 7.98. The van der Waals surface area contributed by atoms with Gasteiger partial charge in [0.15, 0.2) is 0 Å². The molecular formula is C10H17N3S. The van der Waals surface area contributed by atoms with Crippen LogP contribution in [0.5, 0.6) is 0 Å². The number of aryl methyl sites for hydroxylation is 1. The second-order valence-corrected chi connectivity index (χ2v) is 4.35. The summed E-state index contributed by atoms with van der Waals surface area (Å²) in [5, 5.41) is 3.35. The molecule has 1 atom stereocenters. The van der Waals surface area contributed by atoms with Crippen LogP contribution in [0.25, 0.3) is 0 Å². The zero-order valence-electron chi connectivity index (χ0n) is 8.87. The topological polar surface area (TPSA) is 50.9 Å². The van der Waals surface area contributed by atoms with Crippen LogP contribution in [0.15, 0.2) is 12.3 Å². The van der Waals surface area contributed by atoms with Crippen molar-refractivity contribution in [2.24, 2.45) is 0 Å². The lowest BCUT2D eigenvalue weighted by molar-refractivity contribution is 0.900. The lowest BCUT2D eigenvalue weighted by Crippen LogP contribution is -2.19. The third kappa shape index (κ3) is 3.10. The van der Waals surface area contributed by atoms with Crippen LogP contribution < -0.4 is 11.1 Å². The van der Waals surface area contributed by atoms with E-state index in [1.54, 1.807) is 6.20 Å². The first kappa shape index (κ1) is 11.2. The van der Waals surface area contributed by atoms with Crippen LogP contribution in [-0.2, 0) is 0 Å². The Balaban J connectivity index is 2.67. The third-order valence-corrected chi connectivity index (χ3v) is 2.73. The molecule has 0 aromatic carbocycles. The molecule has 78 valence electrons. The van der Waals surface area contributed by atoms with E-state index in [2.05, 4.69) is 23.5 Å². The smallest absolute Gasteiger partial charge is 0.129 e. The second kappa shape index (κ2) is 5.10. The lowest BCUT2D eigenvalue weighted by Gasteiger charge is -2.14. The van der Waals surface area contributed by atoms with Crippen LogP contribution in [0.3, 0.4) is 0 Å². The molecule has 1 aromatic heterocycles. The Morgan fingerprint density at radius 2 is 2.36 bits per heavy atom. The first-order chi connectivity index (χ1) is 6.63. The Labute approximate surface area is 89.5 Å². The Hall–Kier alpha value is -0.900. The molecule has 0 aliphatic heterocycles. The summed E-state index contributed by atoms with van der Waals surface area (Å²) in [7, 11) is 0. The van der Waals surface area contributed by atoms with Crippen molar-refractivity contribution in [2.75, 3.05) is 23.1 Å². The molecule has 0 spiro atoms. The number of anilines is 2. The van der Waals surface area contributed by atoms with Gasteiger partial charge in [0.2, 0.25) is 0 Å². The molecule has 14 heavy (non-hydrogen) atoms. The molecule has 0 amide bonds. The molecule has 1 unspecified atom stereocenters. The number of nitrogens with one attached hydrogen (secondary N) is 1. The summed E-state index contributed by atoms with van der Waals surface area (Å²) in [6, 6.07) is 2.36. The summed E-state index contributed by atoms with van der Waals surface area (Å²) in [5.41, 5.74) is 7.43. The van der Waals surface area contributed by atoms with Crippen molar-refractivity contribution in [3.63, 3.8) is 0 Å². The van der Waals surface area contributed by atoms with Crippen LogP contribution in [-0.4, -0.2) is 23.0 Å². The van der Waals surface area contributed by atoms with Gasteiger partial charge in [-0.2, -0.15) is 11.8 Å². The predicted octanol–water partition coefficient (Wildman–Crippen LogP) is 2.14. The predicted molar refractivity (Wildman–Crippen MR) is 64.9 cm³/mol. The van der Waals surface area contributed by atoms with Crippen LogP contribution in [0.2, 0.25) is 0 Å². The highest BCUT2D eigenvalue weighted by Gasteiger charge is 2.04. The summed E-state index contributed by atoms with van der Waals surface area (Å²) < 4.78 is 0. The Morgan fingerprint density at radius 1 is 1.64 bits per heavy atom. The van der Waals surface area contributed by atoms with E-state index in [-0.39, 0.29) is 0 Å². The number of pyridine rings is 1. The van der Waals surface area contributed by atoms with Crippen LogP contribution >= 0.6 is 11.8 Å². The van der Waals surface area contributed by atoms with Gasteiger partial charge in [0.05, 0.1) is 11.9 Å². The molecule has 0 radical (unpaired) electrons. The van der Waals surface area contributed by atoms with Crippen molar-refractivity contribution < 1.29 is 0 Å². The first-order valence-electron chi connectivity index (χ1n) is 4.61. The molecule has 0 bridgehead atoms. The van der Waals surface area contributed by atoms with E-state index in [0.717, 1.165) is 17.1 Å². The van der Waals surface area contributed by atoms with Gasteiger partial charge in [0, 0.05) is 11.8 Å². The molecular weight excluding hydrogens is 194 g/mol. The maximum atomic E-state index is 5.62. The largest absolute Gasteiger partial charge is 0.397 e.